The van der Waals surface area contributed by atoms with Crippen molar-refractivity contribution in [3.05, 3.63) is 69.7 Å². The van der Waals surface area contributed by atoms with E-state index in [0.717, 1.165) is 11.1 Å². The molecule has 25 heavy (non-hydrogen) atoms. The molecule has 0 heterocycles. The molecule has 0 spiro atoms. The second kappa shape index (κ2) is 10.6. The van der Waals surface area contributed by atoms with E-state index in [1.54, 1.807) is 31.4 Å². The van der Waals surface area contributed by atoms with Gasteiger partial charge in [-0.2, -0.15) is 0 Å². The van der Waals surface area contributed by atoms with Crippen LogP contribution in [0, 0.1) is 0 Å². The molecule has 3 N–H and O–H groups in total. The molecule has 0 aliphatic rings. The van der Waals surface area contributed by atoms with Crippen LogP contribution in [0.25, 0.3) is 0 Å². The smallest absolute Gasteiger partial charge is 0.223 e. The molecule has 0 fully saturated rings. The van der Waals surface area contributed by atoms with Crippen molar-refractivity contribution >= 4 is 41.5 Å². The lowest BCUT2D eigenvalue weighted by Gasteiger charge is -2.21. The summed E-state index contributed by atoms with van der Waals surface area (Å²) in [6.07, 6.45) is -0.105. The molecule has 0 aromatic heterocycles. The van der Waals surface area contributed by atoms with Gasteiger partial charge in [-0.15, -0.1) is 12.4 Å². The Morgan fingerprint density at radius 1 is 1.04 bits per heavy atom. The Bertz CT molecular complexity index is 614. The van der Waals surface area contributed by atoms with E-state index < -0.39 is 0 Å². The zero-order chi connectivity index (χ0) is 17.5. The lowest BCUT2D eigenvalue weighted by molar-refractivity contribution is -0.123. The molecule has 1 unspecified atom stereocenters. The molecule has 0 bridgehead atoms. The van der Waals surface area contributed by atoms with E-state index in [0.29, 0.717) is 10.0 Å². The number of ether oxygens (including phenoxy) is 1. The monoisotopic (exact) mass is 402 g/mol. The number of rotatable bonds is 7. The first kappa shape index (κ1) is 21.7. The summed E-state index contributed by atoms with van der Waals surface area (Å²) in [5.41, 5.74) is 7.44. The normalized spacial score (nSPS) is 11.7. The summed E-state index contributed by atoms with van der Waals surface area (Å²) >= 11 is 11.9. The van der Waals surface area contributed by atoms with E-state index in [2.05, 4.69) is 5.32 Å². The summed E-state index contributed by atoms with van der Waals surface area (Å²) in [5, 5.41) is 4.31. The molecule has 1 amide bonds. The Morgan fingerprint density at radius 3 is 1.84 bits per heavy atom. The van der Waals surface area contributed by atoms with Gasteiger partial charge in [0.1, 0.15) is 0 Å². The molecular weight excluding hydrogens is 383 g/mol. The lowest BCUT2D eigenvalue weighted by Crippen LogP contribution is -2.34. The van der Waals surface area contributed by atoms with Gasteiger partial charge in [0.2, 0.25) is 5.91 Å². The van der Waals surface area contributed by atoms with Crippen molar-refractivity contribution in [3.8, 4) is 0 Å². The van der Waals surface area contributed by atoms with E-state index in [-0.39, 0.29) is 43.4 Å². The van der Waals surface area contributed by atoms with Crippen LogP contribution in [0.2, 0.25) is 10.0 Å². The van der Waals surface area contributed by atoms with Gasteiger partial charge in [-0.3, -0.25) is 4.79 Å². The molecule has 0 aliphatic carbocycles. The third-order valence-corrected chi connectivity index (χ3v) is 4.23. The number of halogens is 3. The topological polar surface area (TPSA) is 64.3 Å². The van der Waals surface area contributed by atoms with Gasteiger partial charge in [0.15, 0.2) is 0 Å². The Kier molecular flexibility index (Phi) is 9.25. The number of carbonyl (C=O) groups excluding carboxylic acids is 1. The van der Waals surface area contributed by atoms with Crippen LogP contribution in [0.4, 0.5) is 0 Å². The van der Waals surface area contributed by atoms with Crippen LogP contribution in [0.3, 0.4) is 0 Å². The molecule has 0 saturated carbocycles. The Hall–Kier alpha value is -1.30. The second-order valence-electron chi connectivity index (χ2n) is 5.40. The van der Waals surface area contributed by atoms with Crippen molar-refractivity contribution < 1.29 is 9.53 Å². The van der Waals surface area contributed by atoms with E-state index in [4.69, 9.17) is 33.7 Å². The van der Waals surface area contributed by atoms with Crippen molar-refractivity contribution in [2.45, 2.75) is 18.6 Å². The minimum atomic E-state index is -0.305. The fourth-order valence-corrected chi connectivity index (χ4v) is 2.61. The predicted molar refractivity (Wildman–Crippen MR) is 105 cm³/mol. The molecule has 2 rings (SSSR count). The molecule has 0 radical (unpaired) electrons. The molecule has 136 valence electrons. The maximum atomic E-state index is 12.4. The predicted octanol–water partition coefficient (Wildman–Crippen LogP) is 3.98. The standard InChI is InChI=1S/C18H20Cl2N2O2.ClH/c1-24-16(11-21)10-17(23)22-18(12-2-6-14(19)7-3-12)13-4-8-15(20)9-5-13;/h2-9,16,18H,10-11,21H2,1H3,(H,22,23);1H. The highest BCUT2D eigenvalue weighted by Gasteiger charge is 2.19. The van der Waals surface area contributed by atoms with Crippen LogP contribution >= 0.6 is 35.6 Å². The minimum absolute atomic E-state index is 0. The number of carbonyl (C=O) groups is 1. The molecule has 0 aliphatic heterocycles. The maximum absolute atomic E-state index is 12.4. The van der Waals surface area contributed by atoms with Gasteiger partial charge in [-0.25, -0.2) is 0 Å². The zero-order valence-corrected chi connectivity index (χ0v) is 16.1. The molecule has 2 aromatic rings. The summed E-state index contributed by atoms with van der Waals surface area (Å²) in [5.74, 6) is -0.137. The summed E-state index contributed by atoms with van der Waals surface area (Å²) in [4.78, 5) is 12.4. The zero-order valence-electron chi connectivity index (χ0n) is 13.7. The van der Waals surface area contributed by atoms with Gasteiger partial charge >= 0.3 is 0 Å². The van der Waals surface area contributed by atoms with E-state index in [1.165, 1.54) is 0 Å². The van der Waals surface area contributed by atoms with Crippen LogP contribution in [0.15, 0.2) is 48.5 Å². The molecule has 0 saturated heterocycles. The third kappa shape index (κ3) is 6.49. The first-order valence-electron chi connectivity index (χ1n) is 7.56. The quantitative estimate of drug-likeness (QED) is 0.735. The molecule has 1 atom stereocenters. The Morgan fingerprint density at radius 2 is 1.48 bits per heavy atom. The van der Waals surface area contributed by atoms with Crippen molar-refractivity contribution in [3.63, 3.8) is 0 Å². The summed E-state index contributed by atoms with van der Waals surface area (Å²) in [6.45, 7) is 0.288. The first-order chi connectivity index (χ1) is 11.5. The lowest BCUT2D eigenvalue weighted by atomic mass is 9.98. The Balaban J connectivity index is 0.00000312. The maximum Gasteiger partial charge on any atom is 0.223 e. The number of benzene rings is 2. The van der Waals surface area contributed by atoms with Crippen LogP contribution in [0.5, 0.6) is 0 Å². The van der Waals surface area contributed by atoms with E-state index >= 15 is 0 Å². The highest BCUT2D eigenvalue weighted by molar-refractivity contribution is 6.30. The van der Waals surface area contributed by atoms with Gasteiger partial charge in [-0.05, 0) is 35.4 Å². The average molecular weight is 404 g/mol. The average Bonchev–Trinajstić information content (AvgIpc) is 2.59. The fourth-order valence-electron chi connectivity index (χ4n) is 2.36. The first-order valence-corrected chi connectivity index (χ1v) is 8.32. The third-order valence-electron chi connectivity index (χ3n) is 3.72. The summed E-state index contributed by atoms with van der Waals surface area (Å²) in [6, 6.07) is 14.4. The van der Waals surface area contributed by atoms with Crippen molar-refractivity contribution in [1.29, 1.82) is 0 Å². The van der Waals surface area contributed by atoms with Crippen LogP contribution in [0.1, 0.15) is 23.6 Å². The largest absolute Gasteiger partial charge is 0.380 e. The summed E-state index contributed by atoms with van der Waals surface area (Å²) < 4.78 is 5.17. The van der Waals surface area contributed by atoms with Gasteiger partial charge in [0, 0.05) is 23.7 Å². The summed E-state index contributed by atoms with van der Waals surface area (Å²) in [7, 11) is 1.54. The molecule has 2 aromatic carbocycles. The number of amides is 1. The SMILES string of the molecule is COC(CN)CC(=O)NC(c1ccc(Cl)cc1)c1ccc(Cl)cc1.Cl. The number of methoxy groups -OCH3 is 1. The van der Waals surface area contributed by atoms with Gasteiger partial charge in [0.05, 0.1) is 18.6 Å². The van der Waals surface area contributed by atoms with Crippen LogP contribution < -0.4 is 11.1 Å². The van der Waals surface area contributed by atoms with Crippen molar-refractivity contribution in [2.75, 3.05) is 13.7 Å². The molecular formula is C18H21Cl3N2O2. The number of nitrogens with one attached hydrogen (secondary N) is 1. The molecule has 7 heteroatoms. The van der Waals surface area contributed by atoms with Crippen molar-refractivity contribution in [2.24, 2.45) is 5.73 Å². The highest BCUT2D eigenvalue weighted by atomic mass is 35.5. The fraction of sp³-hybridized carbons (Fsp3) is 0.278. The number of hydrogen-bond donors (Lipinski definition) is 2. The Labute approximate surface area is 164 Å². The van der Waals surface area contributed by atoms with E-state index in [9.17, 15) is 4.79 Å². The second-order valence-corrected chi connectivity index (χ2v) is 6.27. The van der Waals surface area contributed by atoms with Gasteiger partial charge in [0.25, 0.3) is 0 Å². The minimum Gasteiger partial charge on any atom is -0.380 e. The number of nitrogens with two attached hydrogens (primary N) is 1. The van der Waals surface area contributed by atoms with Crippen molar-refractivity contribution in [1.82, 2.24) is 5.32 Å². The van der Waals surface area contributed by atoms with Crippen LogP contribution in [-0.2, 0) is 9.53 Å². The highest BCUT2D eigenvalue weighted by Crippen LogP contribution is 2.25. The number of hydrogen-bond acceptors (Lipinski definition) is 3. The van der Waals surface area contributed by atoms with Gasteiger partial charge in [-0.1, -0.05) is 47.5 Å². The molecule has 4 nitrogen and oxygen atoms in total. The van der Waals surface area contributed by atoms with E-state index in [1.807, 2.05) is 24.3 Å². The van der Waals surface area contributed by atoms with Gasteiger partial charge < -0.3 is 15.8 Å². The van der Waals surface area contributed by atoms with Crippen LogP contribution in [-0.4, -0.2) is 25.7 Å².